The van der Waals surface area contributed by atoms with Gasteiger partial charge in [-0.2, -0.15) is 5.10 Å². The van der Waals surface area contributed by atoms with E-state index < -0.39 is 11.0 Å². The van der Waals surface area contributed by atoms with Gasteiger partial charge in [0.25, 0.3) is 5.69 Å². The SMILES string of the molecule is O=[N+]([O-])c1ccc(NN=C(c2ccccc2)C(O)c2ccccc2)cc1. The van der Waals surface area contributed by atoms with E-state index in [-0.39, 0.29) is 5.69 Å². The Hall–Kier alpha value is -3.51. The average Bonchev–Trinajstić information content (AvgIpc) is 2.70. The summed E-state index contributed by atoms with van der Waals surface area (Å²) in [5, 5.41) is 25.9. The smallest absolute Gasteiger partial charge is 0.269 e. The highest BCUT2D eigenvalue weighted by Gasteiger charge is 2.17. The van der Waals surface area contributed by atoms with Crippen molar-refractivity contribution in [1.29, 1.82) is 0 Å². The lowest BCUT2D eigenvalue weighted by Gasteiger charge is -2.15. The first kappa shape index (κ1) is 17.3. The zero-order chi connectivity index (χ0) is 18.4. The molecule has 0 amide bonds. The number of nitro groups is 1. The zero-order valence-electron chi connectivity index (χ0n) is 13.8. The number of non-ortho nitro benzene ring substituents is 1. The van der Waals surface area contributed by atoms with Crippen LogP contribution in [0, 0.1) is 10.1 Å². The van der Waals surface area contributed by atoms with Gasteiger partial charge in [0.15, 0.2) is 0 Å². The molecule has 6 heteroatoms. The topological polar surface area (TPSA) is 87.8 Å². The number of benzene rings is 3. The Labute approximate surface area is 150 Å². The Morgan fingerprint density at radius 1 is 0.923 bits per heavy atom. The van der Waals surface area contributed by atoms with Crippen molar-refractivity contribution in [3.63, 3.8) is 0 Å². The second-order valence-corrected chi connectivity index (χ2v) is 5.59. The fourth-order valence-corrected chi connectivity index (χ4v) is 2.47. The minimum absolute atomic E-state index is 0.00660. The predicted octanol–water partition coefficient (Wildman–Crippen LogP) is 4.14. The van der Waals surface area contributed by atoms with Crippen LogP contribution in [0.4, 0.5) is 11.4 Å². The van der Waals surface area contributed by atoms with Gasteiger partial charge in [0, 0.05) is 17.7 Å². The number of hydrogen-bond donors (Lipinski definition) is 2. The molecule has 0 bridgehead atoms. The molecule has 3 aromatic carbocycles. The fraction of sp³-hybridized carbons (Fsp3) is 0.0500. The van der Waals surface area contributed by atoms with E-state index in [0.29, 0.717) is 11.4 Å². The highest BCUT2D eigenvalue weighted by molar-refractivity contribution is 6.04. The van der Waals surface area contributed by atoms with Gasteiger partial charge >= 0.3 is 0 Å². The van der Waals surface area contributed by atoms with Crippen molar-refractivity contribution in [3.8, 4) is 0 Å². The minimum atomic E-state index is -0.913. The molecule has 0 aliphatic carbocycles. The van der Waals surface area contributed by atoms with E-state index in [9.17, 15) is 15.2 Å². The maximum Gasteiger partial charge on any atom is 0.269 e. The lowest BCUT2D eigenvalue weighted by molar-refractivity contribution is -0.384. The van der Waals surface area contributed by atoms with Crippen molar-refractivity contribution in [2.24, 2.45) is 5.10 Å². The summed E-state index contributed by atoms with van der Waals surface area (Å²) >= 11 is 0. The number of nitrogens with one attached hydrogen (secondary N) is 1. The summed E-state index contributed by atoms with van der Waals surface area (Å²) in [6, 6.07) is 24.5. The first-order valence-corrected chi connectivity index (χ1v) is 8.01. The number of hydrazone groups is 1. The Balaban J connectivity index is 1.90. The van der Waals surface area contributed by atoms with Crippen molar-refractivity contribution in [1.82, 2.24) is 0 Å². The maximum absolute atomic E-state index is 10.8. The van der Waals surface area contributed by atoms with Gasteiger partial charge in [0.1, 0.15) is 11.8 Å². The molecule has 130 valence electrons. The Morgan fingerprint density at radius 3 is 2.08 bits per heavy atom. The van der Waals surface area contributed by atoms with E-state index in [4.69, 9.17) is 0 Å². The van der Waals surface area contributed by atoms with Gasteiger partial charge in [-0.1, -0.05) is 60.7 Å². The van der Waals surface area contributed by atoms with Gasteiger partial charge in [-0.15, -0.1) is 0 Å². The number of aliphatic hydroxyl groups is 1. The second-order valence-electron chi connectivity index (χ2n) is 5.59. The average molecular weight is 347 g/mol. The number of nitro benzene ring substituents is 1. The van der Waals surface area contributed by atoms with Crippen LogP contribution in [0.25, 0.3) is 0 Å². The molecular formula is C20H17N3O3. The molecule has 6 nitrogen and oxygen atoms in total. The van der Waals surface area contributed by atoms with E-state index >= 15 is 0 Å². The van der Waals surface area contributed by atoms with Crippen LogP contribution in [0.1, 0.15) is 17.2 Å². The molecule has 2 N–H and O–H groups in total. The van der Waals surface area contributed by atoms with Crippen molar-refractivity contribution in [2.45, 2.75) is 6.10 Å². The summed E-state index contributed by atoms with van der Waals surface area (Å²) in [6.45, 7) is 0. The third-order valence-electron chi connectivity index (χ3n) is 3.83. The molecule has 0 aliphatic heterocycles. The molecule has 0 spiro atoms. The van der Waals surface area contributed by atoms with Gasteiger partial charge in [0.2, 0.25) is 0 Å². The van der Waals surface area contributed by atoms with Crippen LogP contribution in [0.15, 0.2) is 90.0 Å². The Bertz CT molecular complexity index is 895. The largest absolute Gasteiger partial charge is 0.382 e. The van der Waals surface area contributed by atoms with E-state index in [1.165, 1.54) is 12.1 Å². The predicted molar refractivity (Wildman–Crippen MR) is 101 cm³/mol. The minimum Gasteiger partial charge on any atom is -0.382 e. The van der Waals surface area contributed by atoms with E-state index in [1.807, 2.05) is 60.7 Å². The maximum atomic E-state index is 10.8. The molecule has 0 saturated heterocycles. The molecule has 0 heterocycles. The van der Waals surface area contributed by atoms with Crippen LogP contribution >= 0.6 is 0 Å². The van der Waals surface area contributed by atoms with Gasteiger partial charge < -0.3 is 5.11 Å². The lowest BCUT2D eigenvalue weighted by atomic mass is 9.99. The van der Waals surface area contributed by atoms with Crippen molar-refractivity contribution >= 4 is 17.1 Å². The molecule has 0 saturated carbocycles. The third kappa shape index (κ3) is 4.12. The van der Waals surface area contributed by atoms with Gasteiger partial charge in [-0.25, -0.2) is 0 Å². The molecule has 0 aliphatic rings. The summed E-state index contributed by atoms with van der Waals surface area (Å²) in [6.07, 6.45) is -0.913. The quantitative estimate of drug-likeness (QED) is 0.398. The van der Waals surface area contributed by atoms with Crippen LogP contribution in [-0.2, 0) is 0 Å². The van der Waals surface area contributed by atoms with Crippen LogP contribution < -0.4 is 5.43 Å². The van der Waals surface area contributed by atoms with Crippen LogP contribution in [0.3, 0.4) is 0 Å². The van der Waals surface area contributed by atoms with E-state index in [0.717, 1.165) is 11.1 Å². The summed E-state index contributed by atoms with van der Waals surface area (Å²) in [4.78, 5) is 10.3. The molecule has 0 fully saturated rings. The molecular weight excluding hydrogens is 330 g/mol. The van der Waals surface area contributed by atoms with Crippen molar-refractivity contribution < 1.29 is 10.0 Å². The number of nitrogens with zero attached hydrogens (tertiary/aromatic N) is 2. The first-order chi connectivity index (χ1) is 12.6. The highest BCUT2D eigenvalue weighted by Crippen LogP contribution is 2.21. The van der Waals surface area contributed by atoms with E-state index in [2.05, 4.69) is 10.5 Å². The van der Waals surface area contributed by atoms with Crippen molar-refractivity contribution in [3.05, 3.63) is 106 Å². The highest BCUT2D eigenvalue weighted by atomic mass is 16.6. The Kier molecular flexibility index (Phi) is 5.36. The van der Waals surface area contributed by atoms with Gasteiger partial charge in [0.05, 0.1) is 10.6 Å². The van der Waals surface area contributed by atoms with Crippen molar-refractivity contribution in [2.75, 3.05) is 5.43 Å². The monoisotopic (exact) mass is 347 g/mol. The van der Waals surface area contributed by atoms with Crippen LogP contribution in [-0.4, -0.2) is 15.7 Å². The number of aliphatic hydroxyl groups excluding tert-OH is 1. The molecule has 0 aromatic heterocycles. The molecule has 0 radical (unpaired) electrons. The molecule has 3 aromatic rings. The zero-order valence-corrected chi connectivity index (χ0v) is 13.8. The Morgan fingerprint density at radius 2 is 1.50 bits per heavy atom. The molecule has 26 heavy (non-hydrogen) atoms. The number of anilines is 1. The standard InChI is InChI=1S/C20H17N3O3/c24-20(16-9-5-2-6-10-16)19(15-7-3-1-4-8-15)22-21-17-11-13-18(14-12-17)23(25)26/h1-14,20-21,24H. The van der Waals surface area contributed by atoms with Crippen LogP contribution in [0.2, 0.25) is 0 Å². The lowest BCUT2D eigenvalue weighted by Crippen LogP contribution is -2.15. The second kappa shape index (κ2) is 8.04. The molecule has 3 rings (SSSR count). The first-order valence-electron chi connectivity index (χ1n) is 8.01. The van der Waals surface area contributed by atoms with Gasteiger partial charge in [-0.3, -0.25) is 15.5 Å². The third-order valence-corrected chi connectivity index (χ3v) is 3.83. The normalized spacial score (nSPS) is 12.4. The van der Waals surface area contributed by atoms with Gasteiger partial charge in [-0.05, 0) is 17.7 Å². The molecule has 1 unspecified atom stereocenters. The number of hydrogen-bond acceptors (Lipinski definition) is 5. The van der Waals surface area contributed by atoms with Crippen LogP contribution in [0.5, 0.6) is 0 Å². The summed E-state index contributed by atoms with van der Waals surface area (Å²) in [5.41, 5.74) is 5.41. The fourth-order valence-electron chi connectivity index (χ4n) is 2.47. The molecule has 1 atom stereocenters. The van der Waals surface area contributed by atoms with E-state index in [1.54, 1.807) is 12.1 Å². The summed E-state index contributed by atoms with van der Waals surface area (Å²) in [5.74, 6) is 0. The summed E-state index contributed by atoms with van der Waals surface area (Å²) < 4.78 is 0. The summed E-state index contributed by atoms with van der Waals surface area (Å²) in [7, 11) is 0. The number of rotatable bonds is 6.